The Morgan fingerprint density at radius 1 is 1.20 bits per heavy atom. The number of likely N-dealkylation sites (tertiary alicyclic amines) is 1. The molecule has 5 nitrogen and oxygen atoms in total. The van der Waals surface area contributed by atoms with E-state index in [0.717, 1.165) is 38.6 Å². The van der Waals surface area contributed by atoms with E-state index >= 15 is 0 Å². The summed E-state index contributed by atoms with van der Waals surface area (Å²) in [6, 6.07) is -0.457. The van der Waals surface area contributed by atoms with E-state index in [1.54, 1.807) is 0 Å². The Morgan fingerprint density at radius 3 is 2.72 bits per heavy atom. The van der Waals surface area contributed by atoms with Crippen LogP contribution in [0.25, 0.3) is 0 Å². The van der Waals surface area contributed by atoms with Crippen LogP contribution in [-0.2, 0) is 14.3 Å². The van der Waals surface area contributed by atoms with E-state index in [1.165, 1.54) is 11.1 Å². The molecule has 2 heterocycles. The topological polar surface area (TPSA) is 66.8 Å². The minimum Gasteiger partial charge on any atom is -0.480 e. The summed E-state index contributed by atoms with van der Waals surface area (Å²) in [5, 5.41) is 9.41. The maximum Gasteiger partial charge on any atom is 0.320 e. The maximum absolute atomic E-state index is 12.6. The molecular formula is C20H27NO4. The molecule has 0 bridgehead atoms. The number of esters is 1. The molecule has 2 unspecified atom stereocenters. The number of hydrogen-bond acceptors (Lipinski definition) is 4. The highest BCUT2D eigenvalue weighted by Crippen LogP contribution is 2.52. The van der Waals surface area contributed by atoms with Crippen molar-refractivity contribution in [2.75, 3.05) is 13.1 Å². The van der Waals surface area contributed by atoms with E-state index in [9.17, 15) is 14.7 Å². The normalized spacial score (nSPS) is 41.4. The van der Waals surface area contributed by atoms with Crippen molar-refractivity contribution in [3.8, 4) is 0 Å². The molecule has 0 radical (unpaired) electrons. The van der Waals surface area contributed by atoms with Crippen LogP contribution in [-0.4, -0.2) is 47.2 Å². The molecule has 2 saturated carbocycles. The van der Waals surface area contributed by atoms with Gasteiger partial charge in [0.1, 0.15) is 12.1 Å². The Hall–Kier alpha value is -1.62. The van der Waals surface area contributed by atoms with Crippen molar-refractivity contribution in [1.82, 2.24) is 4.90 Å². The molecule has 6 atom stereocenters. The monoisotopic (exact) mass is 345 g/mol. The molecule has 0 aromatic rings. The summed E-state index contributed by atoms with van der Waals surface area (Å²) >= 11 is 0. The van der Waals surface area contributed by atoms with Crippen LogP contribution in [0.5, 0.6) is 0 Å². The number of allylic oxidation sites excluding steroid dienone is 1. The lowest BCUT2D eigenvalue weighted by Crippen LogP contribution is -2.42. The van der Waals surface area contributed by atoms with E-state index in [1.807, 2.05) is 4.90 Å². The van der Waals surface area contributed by atoms with Gasteiger partial charge in [0.25, 0.3) is 0 Å². The molecule has 2 aliphatic carbocycles. The van der Waals surface area contributed by atoms with Gasteiger partial charge in [-0.25, -0.2) is 0 Å². The van der Waals surface area contributed by atoms with Crippen LogP contribution < -0.4 is 0 Å². The first kappa shape index (κ1) is 16.8. The van der Waals surface area contributed by atoms with E-state index in [2.05, 4.69) is 13.2 Å². The average molecular weight is 345 g/mol. The molecule has 2 saturated heterocycles. The fraction of sp³-hybridized carbons (Fsp3) is 0.700. The molecule has 4 fully saturated rings. The largest absolute Gasteiger partial charge is 0.480 e. The summed E-state index contributed by atoms with van der Waals surface area (Å²) in [6.45, 7) is 9.80. The smallest absolute Gasteiger partial charge is 0.320 e. The fourth-order valence-electron chi connectivity index (χ4n) is 5.63. The predicted molar refractivity (Wildman–Crippen MR) is 92.8 cm³/mol. The van der Waals surface area contributed by atoms with Crippen LogP contribution in [0.4, 0.5) is 0 Å². The summed E-state index contributed by atoms with van der Waals surface area (Å²) in [5.74, 6) is -0.375. The van der Waals surface area contributed by atoms with E-state index in [0.29, 0.717) is 18.9 Å². The second-order valence-electron chi connectivity index (χ2n) is 8.19. The van der Waals surface area contributed by atoms with Gasteiger partial charge in [-0.05, 0) is 51.0 Å². The number of fused-ring (bicyclic) bond motifs is 3. The molecule has 0 aromatic carbocycles. The van der Waals surface area contributed by atoms with E-state index < -0.39 is 12.0 Å². The Labute approximate surface area is 148 Å². The zero-order valence-corrected chi connectivity index (χ0v) is 14.7. The van der Waals surface area contributed by atoms with Gasteiger partial charge in [-0.3, -0.25) is 14.5 Å². The number of carboxylic acid groups (broad SMARTS) is 1. The van der Waals surface area contributed by atoms with Crippen molar-refractivity contribution < 1.29 is 19.4 Å². The zero-order chi connectivity index (χ0) is 17.7. The van der Waals surface area contributed by atoms with Gasteiger partial charge in [-0.1, -0.05) is 24.3 Å². The summed E-state index contributed by atoms with van der Waals surface area (Å²) in [6.07, 6.45) is 5.36. The van der Waals surface area contributed by atoms with Crippen molar-refractivity contribution in [3.63, 3.8) is 0 Å². The van der Waals surface area contributed by atoms with Gasteiger partial charge in [0.15, 0.2) is 0 Å². The van der Waals surface area contributed by atoms with Crippen LogP contribution in [0, 0.1) is 23.7 Å². The minimum absolute atomic E-state index is 0.0948. The van der Waals surface area contributed by atoms with Crippen LogP contribution in [0.3, 0.4) is 0 Å². The van der Waals surface area contributed by atoms with E-state index in [-0.39, 0.29) is 29.8 Å². The molecule has 5 heteroatoms. The summed E-state index contributed by atoms with van der Waals surface area (Å²) < 4.78 is 5.88. The number of carbonyl (C=O) groups excluding carboxylic acids is 1. The average Bonchev–Trinajstić information content (AvgIpc) is 3.22. The molecule has 2 aliphatic heterocycles. The second-order valence-corrected chi connectivity index (χ2v) is 8.19. The quantitative estimate of drug-likeness (QED) is 0.629. The predicted octanol–water partition coefficient (Wildman–Crippen LogP) is 2.63. The van der Waals surface area contributed by atoms with Crippen LogP contribution in [0.1, 0.15) is 38.5 Å². The molecule has 0 amide bonds. The van der Waals surface area contributed by atoms with Gasteiger partial charge < -0.3 is 9.84 Å². The van der Waals surface area contributed by atoms with Crippen LogP contribution in [0.2, 0.25) is 0 Å². The molecule has 4 aliphatic rings. The summed E-state index contributed by atoms with van der Waals surface area (Å²) in [7, 11) is 0. The van der Waals surface area contributed by atoms with Crippen molar-refractivity contribution in [3.05, 3.63) is 24.3 Å². The first-order chi connectivity index (χ1) is 12.0. The number of aliphatic carboxylic acids is 1. The lowest BCUT2D eigenvalue weighted by atomic mass is 9.79. The summed E-state index contributed by atoms with van der Waals surface area (Å²) in [4.78, 5) is 26.1. The number of hydrogen-bond donors (Lipinski definition) is 1. The van der Waals surface area contributed by atoms with Gasteiger partial charge >= 0.3 is 11.9 Å². The molecule has 25 heavy (non-hydrogen) atoms. The van der Waals surface area contributed by atoms with Gasteiger partial charge in [0, 0.05) is 18.4 Å². The lowest BCUT2D eigenvalue weighted by Gasteiger charge is -2.28. The Kier molecular flexibility index (Phi) is 4.22. The number of ether oxygens (including phenoxy) is 1. The zero-order valence-electron chi connectivity index (χ0n) is 14.7. The first-order valence-corrected chi connectivity index (χ1v) is 9.50. The number of carboxylic acids is 1. The Morgan fingerprint density at radius 2 is 1.96 bits per heavy atom. The molecule has 0 spiro atoms. The highest BCUT2D eigenvalue weighted by atomic mass is 16.6. The van der Waals surface area contributed by atoms with Crippen molar-refractivity contribution >= 4 is 11.9 Å². The first-order valence-electron chi connectivity index (χ1n) is 9.50. The van der Waals surface area contributed by atoms with Gasteiger partial charge in [0.05, 0.1) is 5.92 Å². The number of carbonyl (C=O) groups is 2. The van der Waals surface area contributed by atoms with Gasteiger partial charge in [-0.2, -0.15) is 0 Å². The van der Waals surface area contributed by atoms with Crippen molar-refractivity contribution in [2.24, 2.45) is 23.7 Å². The summed E-state index contributed by atoms with van der Waals surface area (Å²) in [5.41, 5.74) is 2.47. The second kappa shape index (κ2) is 6.27. The maximum atomic E-state index is 12.6. The SMILES string of the molecule is C=C1CC[C@H]2C(=C)CC[C@H]3C(CN4CCCC4C(=O)O)C(=O)O[C@@H]3[C@@H]12. The van der Waals surface area contributed by atoms with Gasteiger partial charge in [0.2, 0.25) is 0 Å². The third-order valence-corrected chi connectivity index (χ3v) is 6.93. The standard InChI is InChI=1S/C20H27NO4/c1-11-5-8-14-15(10-21-9-3-4-16(21)19(22)23)20(24)25-18(14)17-12(2)6-7-13(11)17/h13-18H,1-10H2,(H,22,23)/t13-,14-,15?,16?,17-,18-/m0/s1. The molecule has 1 N–H and O–H groups in total. The van der Waals surface area contributed by atoms with Gasteiger partial charge in [-0.15, -0.1) is 0 Å². The van der Waals surface area contributed by atoms with E-state index in [4.69, 9.17) is 4.74 Å². The molecule has 136 valence electrons. The van der Waals surface area contributed by atoms with Crippen LogP contribution >= 0.6 is 0 Å². The van der Waals surface area contributed by atoms with Crippen molar-refractivity contribution in [2.45, 2.75) is 50.7 Å². The highest BCUT2D eigenvalue weighted by Gasteiger charge is 2.54. The van der Waals surface area contributed by atoms with Crippen LogP contribution in [0.15, 0.2) is 24.3 Å². The molecule has 0 aromatic heterocycles. The fourth-order valence-corrected chi connectivity index (χ4v) is 5.63. The Balaban J connectivity index is 1.56. The Bertz CT molecular complexity index is 627. The number of nitrogens with zero attached hydrogens (tertiary/aromatic N) is 1. The van der Waals surface area contributed by atoms with Crippen molar-refractivity contribution in [1.29, 1.82) is 0 Å². The molecular weight excluding hydrogens is 318 g/mol. The minimum atomic E-state index is -0.779. The third-order valence-electron chi connectivity index (χ3n) is 6.93. The highest BCUT2D eigenvalue weighted by molar-refractivity contribution is 5.77. The lowest BCUT2D eigenvalue weighted by molar-refractivity contribution is -0.148. The number of rotatable bonds is 3. The molecule has 4 rings (SSSR count). The third kappa shape index (κ3) is 2.73.